The number of carbonyl (C=O) groups is 1. The number of benzene rings is 2. The van der Waals surface area contributed by atoms with Crippen LogP contribution in [0.5, 0.6) is 11.5 Å². The topological polar surface area (TPSA) is 54.9 Å². The normalized spacial score (nSPS) is 12.7. The van der Waals surface area contributed by atoms with Crippen molar-refractivity contribution in [1.29, 1.82) is 0 Å². The van der Waals surface area contributed by atoms with Gasteiger partial charge < -0.3 is 14.4 Å². The Morgan fingerprint density at radius 3 is 2.78 bits per heavy atom. The highest BCUT2D eigenvalue weighted by Crippen LogP contribution is 2.35. The Kier molecular flexibility index (Phi) is 4.90. The lowest BCUT2D eigenvalue weighted by molar-refractivity contribution is 0.0984. The number of halogens is 1. The molecule has 0 bridgehead atoms. The van der Waals surface area contributed by atoms with Crippen LogP contribution in [-0.2, 0) is 0 Å². The van der Waals surface area contributed by atoms with E-state index in [-0.39, 0.29) is 12.7 Å². The molecule has 1 aliphatic rings. The van der Waals surface area contributed by atoms with E-state index in [1.165, 1.54) is 11.3 Å². The van der Waals surface area contributed by atoms with Crippen LogP contribution < -0.4 is 14.4 Å². The predicted molar refractivity (Wildman–Crippen MR) is 107 cm³/mol. The molecule has 140 valence electrons. The Morgan fingerprint density at radius 1 is 1.15 bits per heavy atom. The van der Waals surface area contributed by atoms with Gasteiger partial charge in [-0.05, 0) is 50.5 Å². The third-order valence-electron chi connectivity index (χ3n) is 4.21. The van der Waals surface area contributed by atoms with Crippen molar-refractivity contribution in [2.24, 2.45) is 0 Å². The van der Waals surface area contributed by atoms with E-state index in [1.54, 1.807) is 29.2 Å². The van der Waals surface area contributed by atoms with Crippen molar-refractivity contribution >= 4 is 44.2 Å². The molecule has 4 rings (SSSR count). The molecule has 2 aromatic carbocycles. The first-order chi connectivity index (χ1) is 13.0. The van der Waals surface area contributed by atoms with Crippen LogP contribution in [0.25, 0.3) is 10.2 Å². The number of thiazole rings is 1. The number of anilines is 1. The van der Waals surface area contributed by atoms with Gasteiger partial charge in [-0.1, -0.05) is 22.9 Å². The van der Waals surface area contributed by atoms with Gasteiger partial charge in [0, 0.05) is 23.7 Å². The number of aromatic nitrogens is 1. The fourth-order valence-electron chi connectivity index (χ4n) is 2.77. The van der Waals surface area contributed by atoms with Crippen LogP contribution in [0.4, 0.5) is 5.13 Å². The Morgan fingerprint density at radius 2 is 1.96 bits per heavy atom. The standard InChI is InChI=1S/C19H18ClN3O3S/c1-22(2)7-8-23(19-21-14-5-4-13(20)10-17(14)27-19)18(24)12-3-6-15-16(9-12)26-11-25-15/h3-6,9-10H,7-8,11H2,1-2H3. The number of likely N-dealkylation sites (N-methyl/N-ethyl adjacent to an activating group) is 1. The van der Waals surface area contributed by atoms with Gasteiger partial charge in [0.15, 0.2) is 16.6 Å². The lowest BCUT2D eigenvalue weighted by Gasteiger charge is -2.22. The first kappa shape index (κ1) is 18.0. The van der Waals surface area contributed by atoms with Crippen molar-refractivity contribution in [2.45, 2.75) is 0 Å². The highest BCUT2D eigenvalue weighted by atomic mass is 35.5. The molecular weight excluding hydrogens is 386 g/mol. The molecule has 0 saturated heterocycles. The van der Waals surface area contributed by atoms with E-state index in [4.69, 9.17) is 21.1 Å². The summed E-state index contributed by atoms with van der Waals surface area (Å²) < 4.78 is 11.7. The highest BCUT2D eigenvalue weighted by molar-refractivity contribution is 7.22. The monoisotopic (exact) mass is 403 g/mol. The van der Waals surface area contributed by atoms with E-state index in [9.17, 15) is 4.79 Å². The van der Waals surface area contributed by atoms with Crippen LogP contribution in [-0.4, -0.2) is 49.8 Å². The van der Waals surface area contributed by atoms with Crippen LogP contribution in [0.15, 0.2) is 36.4 Å². The summed E-state index contributed by atoms with van der Waals surface area (Å²) >= 11 is 7.54. The summed E-state index contributed by atoms with van der Waals surface area (Å²) in [7, 11) is 3.95. The van der Waals surface area contributed by atoms with Crippen LogP contribution >= 0.6 is 22.9 Å². The van der Waals surface area contributed by atoms with Gasteiger partial charge in [0.2, 0.25) is 6.79 Å². The predicted octanol–water partition coefficient (Wildman–Crippen LogP) is 3.89. The fraction of sp³-hybridized carbons (Fsp3) is 0.263. The van der Waals surface area contributed by atoms with E-state index < -0.39 is 0 Å². The van der Waals surface area contributed by atoms with Crippen molar-refractivity contribution < 1.29 is 14.3 Å². The van der Waals surface area contributed by atoms with Crippen LogP contribution in [0.2, 0.25) is 5.02 Å². The van der Waals surface area contributed by atoms with Crippen molar-refractivity contribution in [1.82, 2.24) is 9.88 Å². The maximum absolute atomic E-state index is 13.3. The first-order valence-corrected chi connectivity index (χ1v) is 9.63. The smallest absolute Gasteiger partial charge is 0.260 e. The molecule has 1 aliphatic heterocycles. The minimum atomic E-state index is -0.125. The average Bonchev–Trinajstić information content (AvgIpc) is 3.26. The number of ether oxygens (including phenoxy) is 2. The molecule has 8 heteroatoms. The molecule has 0 N–H and O–H groups in total. The zero-order valence-corrected chi connectivity index (χ0v) is 16.5. The van der Waals surface area contributed by atoms with E-state index in [0.717, 1.165) is 10.2 Å². The maximum atomic E-state index is 13.3. The van der Waals surface area contributed by atoms with Gasteiger partial charge >= 0.3 is 0 Å². The second-order valence-corrected chi connectivity index (χ2v) is 7.88. The van der Waals surface area contributed by atoms with Gasteiger partial charge in [-0.2, -0.15) is 0 Å². The number of fused-ring (bicyclic) bond motifs is 2. The molecule has 0 saturated carbocycles. The van der Waals surface area contributed by atoms with E-state index in [0.29, 0.717) is 40.3 Å². The van der Waals surface area contributed by atoms with E-state index in [2.05, 4.69) is 4.98 Å². The minimum Gasteiger partial charge on any atom is -0.454 e. The molecule has 27 heavy (non-hydrogen) atoms. The van der Waals surface area contributed by atoms with E-state index >= 15 is 0 Å². The largest absolute Gasteiger partial charge is 0.454 e. The van der Waals surface area contributed by atoms with Gasteiger partial charge in [0.1, 0.15) is 0 Å². The molecule has 1 amide bonds. The summed E-state index contributed by atoms with van der Waals surface area (Å²) in [5.74, 6) is 1.12. The summed E-state index contributed by atoms with van der Waals surface area (Å²) in [6.45, 7) is 1.41. The Hall–Kier alpha value is -2.35. The molecule has 0 fully saturated rings. The van der Waals surface area contributed by atoms with Crippen LogP contribution in [0, 0.1) is 0 Å². The molecule has 0 unspecified atom stereocenters. The van der Waals surface area contributed by atoms with E-state index in [1.807, 2.05) is 31.1 Å². The molecule has 0 atom stereocenters. The molecule has 3 aromatic rings. The van der Waals surface area contributed by atoms with Crippen molar-refractivity contribution in [3.8, 4) is 11.5 Å². The number of carbonyl (C=O) groups excluding carboxylic acids is 1. The Labute approximate surface area is 165 Å². The number of hydrogen-bond acceptors (Lipinski definition) is 6. The SMILES string of the molecule is CN(C)CCN(C(=O)c1ccc2c(c1)OCO2)c1nc2ccc(Cl)cc2s1. The van der Waals surface area contributed by atoms with Gasteiger partial charge in [0.25, 0.3) is 5.91 Å². The molecule has 0 spiro atoms. The fourth-order valence-corrected chi connectivity index (χ4v) is 4.04. The zero-order valence-electron chi connectivity index (χ0n) is 14.9. The number of hydrogen-bond donors (Lipinski definition) is 0. The number of amides is 1. The Balaban J connectivity index is 1.69. The highest BCUT2D eigenvalue weighted by Gasteiger charge is 2.24. The minimum absolute atomic E-state index is 0.125. The van der Waals surface area contributed by atoms with Gasteiger partial charge in [-0.25, -0.2) is 4.98 Å². The number of nitrogens with zero attached hydrogens (tertiary/aromatic N) is 3. The summed E-state index contributed by atoms with van der Waals surface area (Å²) in [6, 6.07) is 10.8. The third kappa shape index (κ3) is 3.71. The molecule has 2 heterocycles. The van der Waals surface area contributed by atoms with Crippen molar-refractivity contribution in [3.63, 3.8) is 0 Å². The summed E-state index contributed by atoms with van der Waals surface area (Å²) in [5, 5.41) is 1.30. The average molecular weight is 404 g/mol. The molecule has 0 radical (unpaired) electrons. The van der Waals surface area contributed by atoms with Crippen LogP contribution in [0.1, 0.15) is 10.4 Å². The second-order valence-electron chi connectivity index (χ2n) is 6.44. The molecular formula is C19H18ClN3O3S. The summed E-state index contributed by atoms with van der Waals surface area (Å²) in [6.07, 6.45) is 0. The number of rotatable bonds is 5. The first-order valence-electron chi connectivity index (χ1n) is 8.43. The zero-order chi connectivity index (χ0) is 19.0. The van der Waals surface area contributed by atoms with Gasteiger partial charge in [-0.15, -0.1) is 0 Å². The Bertz CT molecular complexity index is 1010. The third-order valence-corrected chi connectivity index (χ3v) is 5.48. The van der Waals surface area contributed by atoms with Crippen molar-refractivity contribution in [3.05, 3.63) is 47.0 Å². The van der Waals surface area contributed by atoms with Gasteiger partial charge in [0.05, 0.1) is 10.2 Å². The quantitative estimate of drug-likeness (QED) is 0.647. The van der Waals surface area contributed by atoms with Crippen LogP contribution in [0.3, 0.4) is 0 Å². The second kappa shape index (κ2) is 7.34. The summed E-state index contributed by atoms with van der Waals surface area (Å²) in [5.41, 5.74) is 1.36. The van der Waals surface area contributed by atoms with Crippen molar-refractivity contribution in [2.75, 3.05) is 38.9 Å². The lowest BCUT2D eigenvalue weighted by atomic mass is 10.2. The summed E-state index contributed by atoms with van der Waals surface area (Å²) in [4.78, 5) is 21.6. The molecule has 6 nitrogen and oxygen atoms in total. The maximum Gasteiger partial charge on any atom is 0.260 e. The molecule has 0 aliphatic carbocycles. The molecule has 1 aromatic heterocycles. The lowest BCUT2D eigenvalue weighted by Crippen LogP contribution is -2.36. The van der Waals surface area contributed by atoms with Gasteiger partial charge in [-0.3, -0.25) is 9.69 Å².